The molecule has 0 saturated heterocycles. The largest absolute Gasteiger partial charge is 0.494 e. The highest BCUT2D eigenvalue weighted by Gasteiger charge is 2.41. The monoisotopic (exact) mass is 1750 g/mol. The van der Waals surface area contributed by atoms with Crippen LogP contribution in [0.4, 0.5) is 0 Å². The van der Waals surface area contributed by atoms with E-state index in [2.05, 4.69) is 41.5 Å². The highest BCUT2D eigenvalue weighted by molar-refractivity contribution is 6.04. The third-order valence-electron chi connectivity index (χ3n) is 24.1. The van der Waals surface area contributed by atoms with E-state index in [9.17, 15) is 28.8 Å². The summed E-state index contributed by atoms with van der Waals surface area (Å²) in [4.78, 5) is 89.0. The van der Waals surface area contributed by atoms with Gasteiger partial charge in [0.15, 0.2) is 34.5 Å². The Morgan fingerprint density at radius 3 is 0.519 bits per heavy atom. The number of hydrogen-bond donors (Lipinski definition) is 0. The van der Waals surface area contributed by atoms with Crippen molar-refractivity contribution in [2.24, 2.45) is 0 Å². The molecule has 3 aliphatic carbocycles. The van der Waals surface area contributed by atoms with Crippen LogP contribution in [0, 0.1) is 0 Å². The summed E-state index contributed by atoms with van der Waals surface area (Å²) >= 11 is 0. The van der Waals surface area contributed by atoms with Gasteiger partial charge < -0.3 is 56.8 Å². The van der Waals surface area contributed by atoms with Crippen molar-refractivity contribution >= 4 is 35.8 Å². The molecule has 0 N–H and O–H groups in total. The van der Waals surface area contributed by atoms with Gasteiger partial charge in [-0.3, -0.25) is 0 Å². The zero-order valence-electron chi connectivity index (χ0n) is 76.2. The van der Waals surface area contributed by atoms with Crippen LogP contribution in [0.3, 0.4) is 0 Å². The first-order chi connectivity index (χ1) is 63.2. The van der Waals surface area contributed by atoms with Gasteiger partial charge in [0.2, 0.25) is 0 Å². The second kappa shape index (κ2) is 48.8. The van der Waals surface area contributed by atoms with E-state index in [-0.39, 0.29) is 87.1 Å². The van der Waals surface area contributed by atoms with E-state index in [4.69, 9.17) is 56.8 Å². The topological polar surface area (TPSA) is 213 Å². The predicted octanol–water partition coefficient (Wildman–Crippen LogP) is 27.8. The van der Waals surface area contributed by atoms with Crippen molar-refractivity contribution in [2.75, 3.05) is 39.6 Å². The first-order valence-electron chi connectivity index (χ1n) is 47.6. The summed E-state index contributed by atoms with van der Waals surface area (Å²) in [6.45, 7) is 16.3. The molecule has 3 aliphatic rings. The van der Waals surface area contributed by atoms with E-state index in [1.807, 2.05) is 0 Å². The van der Waals surface area contributed by atoms with Gasteiger partial charge in [0.05, 0.1) is 73.0 Å². The van der Waals surface area contributed by atoms with Gasteiger partial charge >= 0.3 is 35.8 Å². The summed E-state index contributed by atoms with van der Waals surface area (Å²) < 4.78 is 75.6. The highest BCUT2D eigenvalue weighted by atomic mass is 16.6. The van der Waals surface area contributed by atoms with Crippen LogP contribution < -0.4 is 56.8 Å². The fraction of sp³-hybridized carbons (Fsp3) is 0.405. The Labute approximate surface area is 761 Å². The lowest BCUT2D eigenvalue weighted by atomic mass is 9.86. The number of ether oxygens (including phenoxy) is 12. The van der Waals surface area contributed by atoms with Gasteiger partial charge in [0.25, 0.3) is 0 Å². The lowest BCUT2D eigenvalue weighted by Gasteiger charge is -2.18. The Hall–Kier alpha value is -12.2. The summed E-state index contributed by atoms with van der Waals surface area (Å²) in [5, 5.41) is 0. The summed E-state index contributed by atoms with van der Waals surface area (Å²) in [6, 6.07) is 51.2. The molecule has 0 aliphatic heterocycles. The molecular weight excluding hydrogens is 1620 g/mol. The summed E-state index contributed by atoms with van der Waals surface area (Å²) in [7, 11) is 0. The maximum atomic E-state index is 14.9. The fourth-order valence-electron chi connectivity index (χ4n) is 16.9. The van der Waals surface area contributed by atoms with Gasteiger partial charge in [0.1, 0.15) is 34.5 Å². The van der Waals surface area contributed by atoms with E-state index < -0.39 is 35.8 Å². The van der Waals surface area contributed by atoms with Crippen LogP contribution in [0.2, 0.25) is 0 Å². The maximum Gasteiger partial charge on any atom is 0.343 e. The molecule has 0 bridgehead atoms. The number of hydrogen-bond acceptors (Lipinski definition) is 18. The van der Waals surface area contributed by atoms with Gasteiger partial charge in [-0.15, -0.1) is 0 Å². The van der Waals surface area contributed by atoms with Crippen molar-refractivity contribution in [2.45, 2.75) is 253 Å². The maximum absolute atomic E-state index is 14.9. The second-order valence-electron chi connectivity index (χ2n) is 34.0. The zero-order valence-corrected chi connectivity index (χ0v) is 76.2. The van der Waals surface area contributed by atoms with Crippen LogP contribution >= 0.6 is 0 Å². The normalized spacial score (nSPS) is 11.8. The molecule has 0 fully saturated rings. The number of unbranched alkanes of at least 4 members (excludes halogenated alkanes) is 24. The molecule has 0 heterocycles. The minimum atomic E-state index is -0.724. The minimum Gasteiger partial charge on any atom is -0.494 e. The molecule has 10 aromatic carbocycles. The van der Waals surface area contributed by atoms with Crippen molar-refractivity contribution in [3.05, 3.63) is 249 Å². The van der Waals surface area contributed by atoms with Crippen LogP contribution in [0.5, 0.6) is 69.0 Å². The average molecular weight is 1750 g/mol. The molecule has 13 rings (SSSR count). The molecule has 0 aromatic heterocycles. The molecule has 18 heteroatoms. The van der Waals surface area contributed by atoms with Crippen molar-refractivity contribution in [3.8, 4) is 102 Å². The van der Waals surface area contributed by atoms with Gasteiger partial charge in [-0.05, 0) is 307 Å². The zero-order chi connectivity index (χ0) is 90.1. The molecule has 0 amide bonds. The standard InChI is InChI=1S/C111H126O18/c1-7-13-19-25-31-61-118-85-49-37-76(38-50-85)106(112)124-97-70-82-67-94-103(91(82)73-100(97)127-109(115)79-43-55-88(56-44-79)121-64-34-28-22-16-10-4)95-68-83-71-98(125-107(113)77-39-51-86(52-40-77)119-62-32-26-20-14-8-2)102(129-111(117)81-47-59-90(60-48-81)123-66-36-30-24-18-12-6)75-93(83)105(95)96-69-84-72-99(126-108(114)78-41-53-87(54-42-78)120-63-33-27-21-15-9-3)101(74-92(84)104(94)96)128-110(116)80-45-57-89(58-46-80)122-65-35-29-23-17-11-5/h37-60,70-75H,7-36,61-69H2,1-6H3. The van der Waals surface area contributed by atoms with Crippen molar-refractivity contribution in [1.82, 2.24) is 0 Å². The van der Waals surface area contributed by atoms with Gasteiger partial charge in [-0.1, -0.05) is 196 Å². The van der Waals surface area contributed by atoms with Crippen molar-refractivity contribution in [3.63, 3.8) is 0 Å². The quantitative estimate of drug-likeness (QED) is 0.0197. The first kappa shape index (κ1) is 94.4. The fourth-order valence-corrected chi connectivity index (χ4v) is 16.9. The summed E-state index contributed by atoms with van der Waals surface area (Å²) in [6.07, 6.45) is 33.0. The molecule has 678 valence electrons. The Morgan fingerprint density at radius 2 is 0.357 bits per heavy atom. The molecule has 129 heavy (non-hydrogen) atoms. The molecule has 0 spiro atoms. The third-order valence-corrected chi connectivity index (χ3v) is 24.1. The van der Waals surface area contributed by atoms with Crippen molar-refractivity contribution in [1.29, 1.82) is 0 Å². The molecule has 0 radical (unpaired) electrons. The number of fused-ring (bicyclic) bond motifs is 12. The number of esters is 6. The predicted molar refractivity (Wildman–Crippen MR) is 505 cm³/mol. The van der Waals surface area contributed by atoms with E-state index in [0.29, 0.717) is 108 Å². The third kappa shape index (κ3) is 26.1. The summed E-state index contributed by atoms with van der Waals surface area (Å²) in [5.74, 6) is -0.873. The van der Waals surface area contributed by atoms with Crippen LogP contribution in [-0.2, 0) is 19.3 Å². The number of rotatable bonds is 54. The molecule has 18 nitrogen and oxygen atoms in total. The van der Waals surface area contributed by atoms with E-state index in [0.717, 1.165) is 207 Å². The Bertz CT molecular complexity index is 4830. The second-order valence-corrected chi connectivity index (χ2v) is 34.0. The Kier molecular flexibility index (Phi) is 35.8. The summed E-state index contributed by atoms with van der Waals surface area (Å²) in [5.41, 5.74) is 10.3. The number of benzene rings is 10. The van der Waals surface area contributed by atoms with E-state index in [1.165, 1.54) is 19.3 Å². The molecule has 0 unspecified atom stereocenters. The number of carbonyl (C=O) groups excluding carboxylic acids is 6. The lowest BCUT2D eigenvalue weighted by Crippen LogP contribution is -2.13. The number of carbonyl (C=O) groups is 6. The minimum absolute atomic E-state index is 0.0206. The molecule has 0 saturated carbocycles. The first-order valence-corrected chi connectivity index (χ1v) is 47.6. The van der Waals surface area contributed by atoms with Crippen LogP contribution in [0.15, 0.2) is 182 Å². The van der Waals surface area contributed by atoms with Crippen LogP contribution in [-0.4, -0.2) is 75.5 Å². The van der Waals surface area contributed by atoms with E-state index in [1.54, 1.807) is 182 Å². The highest BCUT2D eigenvalue weighted by Crippen LogP contribution is 2.60. The molecular formula is C111H126O18. The van der Waals surface area contributed by atoms with Gasteiger partial charge in [-0.2, -0.15) is 0 Å². The van der Waals surface area contributed by atoms with E-state index >= 15 is 0 Å². The lowest BCUT2D eigenvalue weighted by molar-refractivity contribution is 0.0682. The Morgan fingerprint density at radius 1 is 0.202 bits per heavy atom. The molecule has 0 atom stereocenters. The Balaban J connectivity index is 0.927. The SMILES string of the molecule is CCCCCCCOc1ccc(C(=O)Oc2cc3c(cc2OC(=O)c2ccc(OCCCCCCC)cc2)-c2c(c4c(c5c2Cc2cc(OC(=O)c6ccc(OCCCCCCC)cc6)c(OC(=O)c6ccc(OCCCCCCC)cc6)cc2-5)Cc2cc(OC(=O)c5ccc(OCCCCCCC)cc5)c(OC(=O)c5ccc(OCCCCCCC)cc5)cc2-4)C3)cc1. The van der Waals surface area contributed by atoms with Crippen LogP contribution in [0.25, 0.3) is 33.4 Å². The smallest absolute Gasteiger partial charge is 0.343 e. The molecule has 10 aromatic rings. The van der Waals surface area contributed by atoms with Crippen molar-refractivity contribution < 1.29 is 85.6 Å². The van der Waals surface area contributed by atoms with Crippen LogP contribution in [0.1, 0.15) is 330 Å². The van der Waals surface area contributed by atoms with Gasteiger partial charge in [0, 0.05) is 0 Å². The van der Waals surface area contributed by atoms with Gasteiger partial charge in [-0.25, -0.2) is 28.8 Å². The average Bonchev–Trinajstić information content (AvgIpc) is 1.53.